The highest BCUT2D eigenvalue weighted by atomic mass is 16.3. The van der Waals surface area contributed by atoms with Gasteiger partial charge in [-0.25, -0.2) is 0 Å². The molecule has 1 amide bonds. The highest BCUT2D eigenvalue weighted by molar-refractivity contribution is 5.76. The molecule has 3 atom stereocenters. The Balaban J connectivity index is 3.82. The van der Waals surface area contributed by atoms with Crippen molar-refractivity contribution in [2.45, 2.75) is 193 Å². The maximum Gasteiger partial charge on any atom is 0.222 e. The summed E-state index contributed by atoms with van der Waals surface area (Å²) in [4.78, 5) is 12.3. The summed E-state index contributed by atoms with van der Waals surface area (Å²) >= 11 is 0. The number of nitrogens with one attached hydrogen (secondary N) is 1. The van der Waals surface area contributed by atoms with Gasteiger partial charge in [0.25, 0.3) is 0 Å². The largest absolute Gasteiger partial charge is 0.394 e. The van der Waals surface area contributed by atoms with Gasteiger partial charge in [-0.05, 0) is 70.6 Å². The predicted octanol–water partition coefficient (Wildman–Crippen LogP) is 10.2. The van der Waals surface area contributed by atoms with Crippen molar-refractivity contribution in [2.24, 2.45) is 0 Å². The lowest BCUT2D eigenvalue weighted by atomic mass is 10.1. The summed E-state index contributed by atoms with van der Waals surface area (Å²) in [5.74, 6) is -0.343. The van der Waals surface area contributed by atoms with Crippen LogP contribution in [-0.4, -0.2) is 46.1 Å². The lowest BCUT2D eigenvalue weighted by molar-refractivity contribution is -0.124. The van der Waals surface area contributed by atoms with Crippen LogP contribution < -0.4 is 5.32 Å². The molecule has 0 heterocycles. The fourth-order valence-corrected chi connectivity index (χ4v) is 5.36. The van der Waals surface area contributed by atoms with Crippen LogP contribution in [0.2, 0.25) is 0 Å². The number of carbonyl (C=O) groups excluding carboxylic acids is 1. The molecule has 3 unspecified atom stereocenters. The van der Waals surface area contributed by atoms with Crippen molar-refractivity contribution in [1.82, 2.24) is 5.32 Å². The van der Waals surface area contributed by atoms with Crippen molar-refractivity contribution >= 4 is 5.91 Å². The summed E-state index contributed by atoms with van der Waals surface area (Å²) in [6.07, 6.45) is 43.9. The van der Waals surface area contributed by atoms with Crippen LogP contribution in [-0.2, 0) is 4.79 Å². The number of hydrogen-bond acceptors (Lipinski definition) is 4. The van der Waals surface area contributed by atoms with Crippen LogP contribution in [0.4, 0.5) is 0 Å². The zero-order valence-corrected chi connectivity index (χ0v) is 29.5. The molecule has 0 aromatic heterocycles. The summed E-state index contributed by atoms with van der Waals surface area (Å²) in [5.41, 5.74) is 0. The summed E-state index contributed by atoms with van der Waals surface area (Å²) in [6, 6.07) is -0.771. The second-order valence-corrected chi connectivity index (χ2v) is 12.8. The Morgan fingerprint density at radius 3 is 1.47 bits per heavy atom. The molecule has 0 fully saturated rings. The van der Waals surface area contributed by atoms with E-state index in [0.29, 0.717) is 6.42 Å². The molecule has 0 bridgehead atoms. The first-order valence-corrected chi connectivity index (χ1v) is 18.9. The highest BCUT2D eigenvalue weighted by Crippen LogP contribution is 2.12. The first-order valence-electron chi connectivity index (χ1n) is 18.9. The fraction of sp³-hybridized carbons (Fsp3) is 0.775. The molecule has 0 aliphatic heterocycles. The maximum absolute atomic E-state index is 12.3. The summed E-state index contributed by atoms with van der Waals surface area (Å²) in [6.45, 7) is 4.13. The van der Waals surface area contributed by atoms with Gasteiger partial charge < -0.3 is 20.6 Å². The van der Waals surface area contributed by atoms with Gasteiger partial charge in [-0.3, -0.25) is 4.79 Å². The zero-order chi connectivity index (χ0) is 33.1. The van der Waals surface area contributed by atoms with Gasteiger partial charge in [0.15, 0.2) is 0 Å². The van der Waals surface area contributed by atoms with Crippen molar-refractivity contribution in [1.29, 1.82) is 0 Å². The molecule has 0 saturated carbocycles. The van der Waals surface area contributed by atoms with Crippen LogP contribution in [0.5, 0.6) is 0 Å². The van der Waals surface area contributed by atoms with E-state index >= 15 is 0 Å². The van der Waals surface area contributed by atoms with Gasteiger partial charge in [-0.2, -0.15) is 0 Å². The summed E-state index contributed by atoms with van der Waals surface area (Å²) < 4.78 is 0. The zero-order valence-electron chi connectivity index (χ0n) is 29.5. The summed E-state index contributed by atoms with van der Waals surface area (Å²) in [5, 5.41) is 32.9. The van der Waals surface area contributed by atoms with Gasteiger partial charge in [-0.1, -0.05) is 146 Å². The van der Waals surface area contributed by atoms with Crippen LogP contribution in [0.25, 0.3) is 0 Å². The van der Waals surface area contributed by atoms with Crippen molar-refractivity contribution < 1.29 is 20.1 Å². The van der Waals surface area contributed by atoms with Crippen molar-refractivity contribution in [3.63, 3.8) is 0 Å². The minimum Gasteiger partial charge on any atom is -0.394 e. The second-order valence-electron chi connectivity index (χ2n) is 12.8. The first kappa shape index (κ1) is 43.3. The third-order valence-electron chi connectivity index (χ3n) is 8.32. The van der Waals surface area contributed by atoms with E-state index in [0.717, 1.165) is 57.8 Å². The third-order valence-corrected chi connectivity index (χ3v) is 8.32. The number of carbonyl (C=O) groups is 1. The van der Waals surface area contributed by atoms with Gasteiger partial charge in [0.05, 0.1) is 31.3 Å². The average molecular weight is 632 g/mol. The summed E-state index contributed by atoms with van der Waals surface area (Å²) in [7, 11) is 0. The topological polar surface area (TPSA) is 89.8 Å². The molecular weight excluding hydrogens is 558 g/mol. The molecule has 0 spiro atoms. The van der Waals surface area contributed by atoms with Crippen LogP contribution in [0.15, 0.2) is 48.6 Å². The second kappa shape index (κ2) is 35.2. The standard InChI is InChI=1S/C40H73NO4/c1-3-5-7-9-11-13-15-16-17-18-19-20-21-22-23-24-26-28-30-32-34-39(44)38(36-42)41-40(45)35-37(43)33-31-29-27-25-14-12-10-8-6-4-2/h12,14,20-21,24,26,32,34,37-39,42-44H,3-11,13,15-19,22-23,25,27-31,33,35-36H2,1-2H3,(H,41,45)/b14-12-,21-20+,26-24+,34-32+. The van der Waals surface area contributed by atoms with Gasteiger partial charge in [0.1, 0.15) is 0 Å². The molecule has 0 aliphatic rings. The van der Waals surface area contributed by atoms with Crippen LogP contribution in [0.3, 0.4) is 0 Å². The molecule has 4 N–H and O–H groups in total. The molecule has 0 rings (SSSR count). The molecule has 262 valence electrons. The number of aliphatic hydroxyl groups excluding tert-OH is 3. The molecular formula is C40H73NO4. The maximum atomic E-state index is 12.3. The molecule has 0 radical (unpaired) electrons. The number of unbranched alkanes of at least 4 members (excludes halogenated alkanes) is 18. The molecule has 0 aromatic rings. The molecule has 0 saturated heterocycles. The lowest BCUT2D eigenvalue weighted by Gasteiger charge is -2.20. The predicted molar refractivity (Wildman–Crippen MR) is 194 cm³/mol. The Morgan fingerprint density at radius 2 is 0.956 bits per heavy atom. The minimum absolute atomic E-state index is 0.0104. The van der Waals surface area contributed by atoms with E-state index in [1.807, 2.05) is 6.08 Å². The van der Waals surface area contributed by atoms with Crippen molar-refractivity contribution in [3.05, 3.63) is 48.6 Å². The smallest absolute Gasteiger partial charge is 0.222 e. The highest BCUT2D eigenvalue weighted by Gasteiger charge is 2.20. The SMILES string of the molecule is CCCCC/C=C\CCCCCC(O)CC(=O)NC(CO)C(O)/C=C/CC/C=C/CC/C=C/CCCCCCCCCCCC. The Labute approximate surface area is 278 Å². The van der Waals surface area contributed by atoms with Crippen molar-refractivity contribution in [2.75, 3.05) is 6.61 Å². The van der Waals surface area contributed by atoms with E-state index in [4.69, 9.17) is 0 Å². The molecule has 5 heteroatoms. The Bertz CT molecular complexity index is 745. The quantitative estimate of drug-likeness (QED) is 0.0429. The van der Waals surface area contributed by atoms with E-state index in [1.165, 1.54) is 89.9 Å². The molecule has 0 aromatic carbocycles. The van der Waals surface area contributed by atoms with Crippen LogP contribution in [0, 0.1) is 0 Å². The molecule has 45 heavy (non-hydrogen) atoms. The number of rotatable bonds is 33. The van der Waals surface area contributed by atoms with E-state index in [9.17, 15) is 20.1 Å². The average Bonchev–Trinajstić information content (AvgIpc) is 3.03. The monoisotopic (exact) mass is 632 g/mol. The number of allylic oxidation sites excluding steroid dienone is 7. The number of hydrogen-bond donors (Lipinski definition) is 4. The van der Waals surface area contributed by atoms with E-state index in [-0.39, 0.29) is 18.9 Å². The lowest BCUT2D eigenvalue weighted by Crippen LogP contribution is -2.45. The van der Waals surface area contributed by atoms with E-state index < -0.39 is 18.2 Å². The van der Waals surface area contributed by atoms with E-state index in [1.54, 1.807) is 6.08 Å². The van der Waals surface area contributed by atoms with Crippen LogP contribution >= 0.6 is 0 Å². The van der Waals surface area contributed by atoms with Gasteiger partial charge in [0.2, 0.25) is 5.91 Å². The third kappa shape index (κ3) is 32.1. The van der Waals surface area contributed by atoms with E-state index in [2.05, 4.69) is 55.6 Å². The molecule has 5 nitrogen and oxygen atoms in total. The number of amides is 1. The minimum atomic E-state index is -0.962. The Morgan fingerprint density at radius 1 is 0.556 bits per heavy atom. The van der Waals surface area contributed by atoms with Crippen LogP contribution in [0.1, 0.15) is 174 Å². The Kier molecular flexibility index (Phi) is 33.8. The number of aliphatic hydroxyl groups is 3. The Hall–Kier alpha value is -1.69. The molecule has 0 aliphatic carbocycles. The normalized spacial score (nSPS) is 14.3. The van der Waals surface area contributed by atoms with Gasteiger partial charge >= 0.3 is 0 Å². The first-order chi connectivity index (χ1) is 22.0. The van der Waals surface area contributed by atoms with Crippen molar-refractivity contribution in [3.8, 4) is 0 Å². The van der Waals surface area contributed by atoms with Gasteiger partial charge in [-0.15, -0.1) is 0 Å². The van der Waals surface area contributed by atoms with Gasteiger partial charge in [0, 0.05) is 0 Å². The fourth-order valence-electron chi connectivity index (χ4n) is 5.36.